The molecule has 0 fully saturated rings. The summed E-state index contributed by atoms with van der Waals surface area (Å²) in [7, 11) is 0. The standard InChI is InChI=1S/C26H23BrN2O2/c1-16-9-11-23-19(12-16)14-20(25(30)28-23)15-29(24-13-17(2)8-10-18(24)3)26(31)21-6-4-5-7-22(21)27/h4-14H,15H2,1-3H3,(H,28,30). The van der Waals surface area contributed by atoms with E-state index >= 15 is 0 Å². The molecule has 0 aliphatic carbocycles. The van der Waals surface area contributed by atoms with E-state index in [0.717, 1.165) is 37.8 Å². The average Bonchev–Trinajstić information content (AvgIpc) is 2.74. The molecule has 0 aliphatic heterocycles. The number of hydrogen-bond acceptors (Lipinski definition) is 2. The fourth-order valence-electron chi connectivity index (χ4n) is 3.72. The zero-order chi connectivity index (χ0) is 22.1. The molecule has 0 unspecified atom stereocenters. The summed E-state index contributed by atoms with van der Waals surface area (Å²) < 4.78 is 0.721. The fourth-order valence-corrected chi connectivity index (χ4v) is 4.17. The number of rotatable bonds is 4. The van der Waals surface area contributed by atoms with Crippen LogP contribution in [0.4, 0.5) is 5.69 Å². The van der Waals surface area contributed by atoms with Gasteiger partial charge in [0.05, 0.1) is 12.1 Å². The van der Waals surface area contributed by atoms with Crippen molar-refractivity contribution in [1.29, 1.82) is 0 Å². The summed E-state index contributed by atoms with van der Waals surface area (Å²) >= 11 is 3.50. The van der Waals surface area contributed by atoms with E-state index in [0.29, 0.717) is 11.1 Å². The molecule has 1 amide bonds. The predicted octanol–water partition coefficient (Wildman–Crippen LogP) is 6.06. The summed E-state index contributed by atoms with van der Waals surface area (Å²) in [6.45, 7) is 6.16. The van der Waals surface area contributed by atoms with Gasteiger partial charge in [-0.1, -0.05) is 35.9 Å². The lowest BCUT2D eigenvalue weighted by atomic mass is 10.1. The highest BCUT2D eigenvalue weighted by Crippen LogP contribution is 2.27. The van der Waals surface area contributed by atoms with Gasteiger partial charge in [0.2, 0.25) is 0 Å². The Kier molecular flexibility index (Phi) is 5.79. The molecule has 156 valence electrons. The van der Waals surface area contributed by atoms with Gasteiger partial charge < -0.3 is 9.88 Å². The molecule has 0 saturated carbocycles. The largest absolute Gasteiger partial charge is 0.322 e. The van der Waals surface area contributed by atoms with Crippen LogP contribution in [0.3, 0.4) is 0 Å². The van der Waals surface area contributed by atoms with Crippen molar-refractivity contribution in [1.82, 2.24) is 4.98 Å². The molecule has 3 aromatic carbocycles. The van der Waals surface area contributed by atoms with Crippen LogP contribution in [0.2, 0.25) is 0 Å². The Morgan fingerprint density at radius 3 is 2.42 bits per heavy atom. The van der Waals surface area contributed by atoms with Crippen LogP contribution in [0.5, 0.6) is 0 Å². The maximum absolute atomic E-state index is 13.6. The minimum Gasteiger partial charge on any atom is -0.322 e. The number of benzene rings is 3. The molecule has 0 spiro atoms. The number of aromatic nitrogens is 1. The molecule has 0 saturated heterocycles. The van der Waals surface area contributed by atoms with Crippen molar-refractivity contribution < 1.29 is 4.79 Å². The second-order valence-electron chi connectivity index (χ2n) is 7.88. The van der Waals surface area contributed by atoms with Crippen LogP contribution in [0.25, 0.3) is 10.9 Å². The monoisotopic (exact) mass is 474 g/mol. The molecule has 1 N–H and O–H groups in total. The van der Waals surface area contributed by atoms with E-state index in [2.05, 4.69) is 20.9 Å². The van der Waals surface area contributed by atoms with Crippen LogP contribution in [0.1, 0.15) is 32.6 Å². The van der Waals surface area contributed by atoms with E-state index < -0.39 is 0 Å². The van der Waals surface area contributed by atoms with Gasteiger partial charge in [-0.05, 0) is 89.6 Å². The van der Waals surface area contributed by atoms with Gasteiger partial charge in [0.15, 0.2) is 0 Å². The summed E-state index contributed by atoms with van der Waals surface area (Å²) in [5, 5.41) is 0.948. The number of nitrogens with zero attached hydrogens (tertiary/aromatic N) is 1. The maximum atomic E-state index is 13.6. The summed E-state index contributed by atoms with van der Waals surface area (Å²) in [6.07, 6.45) is 0. The lowest BCUT2D eigenvalue weighted by Gasteiger charge is -2.25. The quantitative estimate of drug-likeness (QED) is 0.390. The third-order valence-electron chi connectivity index (χ3n) is 5.41. The first-order valence-electron chi connectivity index (χ1n) is 10.1. The molecule has 1 heterocycles. The first kappa shape index (κ1) is 21.1. The molecule has 1 aromatic heterocycles. The molecule has 5 heteroatoms. The van der Waals surface area contributed by atoms with Crippen LogP contribution in [-0.4, -0.2) is 10.9 Å². The number of amides is 1. The number of H-pyrrole nitrogens is 1. The molecule has 4 nitrogen and oxygen atoms in total. The predicted molar refractivity (Wildman–Crippen MR) is 130 cm³/mol. The fraction of sp³-hybridized carbons (Fsp3) is 0.154. The number of carbonyl (C=O) groups excluding carboxylic acids is 1. The molecule has 4 aromatic rings. The van der Waals surface area contributed by atoms with Gasteiger partial charge in [0.25, 0.3) is 11.5 Å². The van der Waals surface area contributed by atoms with Crippen LogP contribution in [-0.2, 0) is 6.54 Å². The molecule has 31 heavy (non-hydrogen) atoms. The van der Waals surface area contributed by atoms with Crippen LogP contribution in [0, 0.1) is 20.8 Å². The Morgan fingerprint density at radius 2 is 1.65 bits per heavy atom. The molecule has 0 aliphatic rings. The van der Waals surface area contributed by atoms with Crippen molar-refractivity contribution in [2.45, 2.75) is 27.3 Å². The molecule has 0 atom stereocenters. The Balaban J connectivity index is 1.85. The van der Waals surface area contributed by atoms with Gasteiger partial charge in [-0.25, -0.2) is 0 Å². The van der Waals surface area contributed by atoms with Crippen molar-refractivity contribution in [3.63, 3.8) is 0 Å². The number of carbonyl (C=O) groups is 1. The maximum Gasteiger partial charge on any atom is 0.259 e. The lowest BCUT2D eigenvalue weighted by molar-refractivity contribution is 0.0984. The van der Waals surface area contributed by atoms with Crippen molar-refractivity contribution >= 4 is 38.4 Å². The normalized spacial score (nSPS) is 11.0. The molecular formula is C26H23BrN2O2. The van der Waals surface area contributed by atoms with Gasteiger partial charge in [-0.15, -0.1) is 0 Å². The molecule has 0 bridgehead atoms. The Hall–Kier alpha value is -3.18. The number of nitrogens with one attached hydrogen (secondary N) is 1. The second kappa shape index (κ2) is 8.52. The van der Waals surface area contributed by atoms with Gasteiger partial charge in [-0.3, -0.25) is 9.59 Å². The van der Waals surface area contributed by atoms with E-state index in [1.54, 1.807) is 11.0 Å². The van der Waals surface area contributed by atoms with Crippen molar-refractivity contribution in [2.24, 2.45) is 0 Å². The SMILES string of the molecule is Cc1ccc(C)c(N(Cc2cc3cc(C)ccc3[nH]c2=O)C(=O)c2ccccc2Br)c1. The number of aryl methyl sites for hydroxylation is 3. The number of pyridine rings is 1. The summed E-state index contributed by atoms with van der Waals surface area (Å²) in [4.78, 5) is 31.2. The third-order valence-corrected chi connectivity index (χ3v) is 6.10. The first-order chi connectivity index (χ1) is 14.8. The minimum atomic E-state index is -0.188. The van der Waals surface area contributed by atoms with Gasteiger partial charge in [0.1, 0.15) is 0 Å². The number of aromatic amines is 1. The number of halogens is 1. The zero-order valence-corrected chi connectivity index (χ0v) is 19.3. The van der Waals surface area contributed by atoms with Crippen molar-refractivity contribution in [3.05, 3.63) is 109 Å². The molecule has 0 radical (unpaired) electrons. The van der Waals surface area contributed by atoms with Gasteiger partial charge in [-0.2, -0.15) is 0 Å². The van der Waals surface area contributed by atoms with Crippen molar-refractivity contribution in [3.8, 4) is 0 Å². The third kappa shape index (κ3) is 4.32. The average molecular weight is 475 g/mol. The Labute approximate surface area is 189 Å². The summed E-state index contributed by atoms with van der Waals surface area (Å²) in [6, 6.07) is 21.2. The van der Waals surface area contributed by atoms with E-state index in [1.165, 1.54) is 0 Å². The van der Waals surface area contributed by atoms with Gasteiger partial charge >= 0.3 is 0 Å². The molecule has 4 rings (SSSR count). The van der Waals surface area contributed by atoms with E-state index in [1.807, 2.05) is 81.4 Å². The summed E-state index contributed by atoms with van der Waals surface area (Å²) in [5.41, 5.74) is 5.62. The molecular weight excluding hydrogens is 452 g/mol. The van der Waals surface area contributed by atoms with Gasteiger partial charge in [0, 0.05) is 21.2 Å². The Bertz CT molecular complexity index is 1360. The summed E-state index contributed by atoms with van der Waals surface area (Å²) in [5.74, 6) is -0.162. The smallest absolute Gasteiger partial charge is 0.259 e. The topological polar surface area (TPSA) is 53.2 Å². The number of anilines is 1. The highest BCUT2D eigenvalue weighted by molar-refractivity contribution is 9.10. The van der Waals surface area contributed by atoms with Crippen LogP contribution >= 0.6 is 15.9 Å². The highest BCUT2D eigenvalue weighted by Gasteiger charge is 2.23. The minimum absolute atomic E-state index is 0.162. The second-order valence-corrected chi connectivity index (χ2v) is 8.73. The van der Waals surface area contributed by atoms with E-state index in [9.17, 15) is 9.59 Å². The highest BCUT2D eigenvalue weighted by atomic mass is 79.9. The van der Waals surface area contributed by atoms with Crippen LogP contribution in [0.15, 0.2) is 76.0 Å². The lowest BCUT2D eigenvalue weighted by Crippen LogP contribution is -2.33. The first-order valence-corrected chi connectivity index (χ1v) is 10.9. The van der Waals surface area contributed by atoms with E-state index in [-0.39, 0.29) is 18.0 Å². The van der Waals surface area contributed by atoms with Crippen LogP contribution < -0.4 is 10.5 Å². The van der Waals surface area contributed by atoms with E-state index in [4.69, 9.17) is 0 Å². The zero-order valence-electron chi connectivity index (χ0n) is 17.7. The number of fused-ring (bicyclic) bond motifs is 1. The van der Waals surface area contributed by atoms with Crippen molar-refractivity contribution in [2.75, 3.05) is 4.90 Å². The number of hydrogen-bond donors (Lipinski definition) is 1. The Morgan fingerprint density at radius 1 is 0.935 bits per heavy atom.